The summed E-state index contributed by atoms with van der Waals surface area (Å²) >= 11 is 0. The van der Waals surface area contributed by atoms with Crippen LogP contribution in [0.4, 0.5) is 0 Å². The number of hydrogen-bond donors (Lipinski definition) is 0. The Morgan fingerprint density at radius 3 is 1.50 bits per heavy atom. The van der Waals surface area contributed by atoms with Gasteiger partial charge in [-0.2, -0.15) is 0 Å². The van der Waals surface area contributed by atoms with Crippen molar-refractivity contribution in [2.45, 2.75) is 27.7 Å². The smallest absolute Gasteiger partial charge is 0.0258 e. The van der Waals surface area contributed by atoms with E-state index in [0.717, 1.165) is 11.5 Å². The molecule has 0 aliphatic carbocycles. The van der Waals surface area contributed by atoms with Crippen molar-refractivity contribution in [1.29, 1.82) is 0 Å². The standard InChI is InChI=1S/C8H18OS/c1-7(2)5-10(9)6-8(3)4/h7-8H,5-6H2,1-4H3. The van der Waals surface area contributed by atoms with Crippen molar-refractivity contribution in [3.63, 3.8) is 0 Å². The van der Waals surface area contributed by atoms with Crippen LogP contribution in [-0.4, -0.2) is 15.7 Å². The zero-order valence-electron chi connectivity index (χ0n) is 7.39. The third-order valence-corrected chi connectivity index (χ3v) is 3.12. The molecule has 0 aromatic carbocycles. The average Bonchev–Trinajstić information content (AvgIpc) is 1.58. The summed E-state index contributed by atoms with van der Waals surface area (Å²) < 4.78 is 11.2. The molecule has 0 aromatic rings. The maximum atomic E-state index is 11.2. The van der Waals surface area contributed by atoms with Gasteiger partial charge in [0, 0.05) is 22.3 Å². The highest BCUT2D eigenvalue weighted by atomic mass is 32.2. The molecule has 0 unspecified atom stereocenters. The van der Waals surface area contributed by atoms with Gasteiger partial charge in [-0.3, -0.25) is 4.21 Å². The second-order valence-corrected chi connectivity index (χ2v) is 5.11. The molecular weight excluding hydrogens is 144 g/mol. The maximum absolute atomic E-state index is 11.2. The van der Waals surface area contributed by atoms with Gasteiger partial charge in [0.15, 0.2) is 0 Å². The van der Waals surface area contributed by atoms with Crippen LogP contribution in [0.5, 0.6) is 0 Å². The van der Waals surface area contributed by atoms with Crippen molar-refractivity contribution in [2.24, 2.45) is 11.8 Å². The Morgan fingerprint density at radius 2 is 1.30 bits per heavy atom. The summed E-state index contributed by atoms with van der Waals surface area (Å²) in [5.41, 5.74) is 0. The van der Waals surface area contributed by atoms with Gasteiger partial charge in [-0.1, -0.05) is 27.7 Å². The summed E-state index contributed by atoms with van der Waals surface area (Å²) in [6, 6.07) is 0. The summed E-state index contributed by atoms with van der Waals surface area (Å²) in [7, 11) is -0.580. The quantitative estimate of drug-likeness (QED) is 0.618. The highest BCUT2D eigenvalue weighted by Gasteiger charge is 2.04. The van der Waals surface area contributed by atoms with E-state index in [1.807, 2.05) is 0 Å². The van der Waals surface area contributed by atoms with Crippen LogP contribution >= 0.6 is 0 Å². The van der Waals surface area contributed by atoms with Crippen molar-refractivity contribution in [1.82, 2.24) is 0 Å². The Morgan fingerprint density at radius 1 is 1.00 bits per heavy atom. The summed E-state index contributed by atoms with van der Waals surface area (Å²) in [5, 5.41) is 0. The first-order chi connectivity index (χ1) is 4.52. The molecular formula is C8H18OS. The minimum atomic E-state index is -0.580. The third-order valence-electron chi connectivity index (χ3n) is 1.04. The van der Waals surface area contributed by atoms with Gasteiger partial charge in [-0.05, 0) is 11.8 Å². The summed E-state index contributed by atoms with van der Waals surface area (Å²) in [6.45, 7) is 8.44. The Kier molecular flexibility index (Phi) is 4.96. The SMILES string of the molecule is CC(C)CS(=O)CC(C)C. The molecule has 0 saturated carbocycles. The van der Waals surface area contributed by atoms with Crippen LogP contribution in [-0.2, 0) is 10.8 Å². The first-order valence-corrected chi connectivity index (χ1v) is 5.36. The molecule has 62 valence electrons. The largest absolute Gasteiger partial charge is 0.260 e. The Hall–Kier alpha value is 0.150. The monoisotopic (exact) mass is 162 g/mol. The van der Waals surface area contributed by atoms with Gasteiger partial charge in [0.05, 0.1) is 0 Å². The predicted octanol–water partition coefficient (Wildman–Crippen LogP) is 2.05. The fourth-order valence-corrected chi connectivity index (χ4v) is 2.43. The highest BCUT2D eigenvalue weighted by Crippen LogP contribution is 2.01. The van der Waals surface area contributed by atoms with Crippen LogP contribution in [0, 0.1) is 11.8 Å². The fraction of sp³-hybridized carbons (Fsp3) is 1.00. The van der Waals surface area contributed by atoms with Crippen LogP contribution in [0.2, 0.25) is 0 Å². The lowest BCUT2D eigenvalue weighted by atomic mass is 10.3. The molecule has 10 heavy (non-hydrogen) atoms. The van der Waals surface area contributed by atoms with Crippen molar-refractivity contribution in [2.75, 3.05) is 11.5 Å². The van der Waals surface area contributed by atoms with Gasteiger partial charge in [-0.15, -0.1) is 0 Å². The Balaban J connectivity index is 3.44. The molecule has 0 atom stereocenters. The summed E-state index contributed by atoms with van der Waals surface area (Å²) in [4.78, 5) is 0. The van der Waals surface area contributed by atoms with Crippen molar-refractivity contribution < 1.29 is 4.21 Å². The highest BCUT2D eigenvalue weighted by molar-refractivity contribution is 7.84. The zero-order chi connectivity index (χ0) is 8.15. The van der Waals surface area contributed by atoms with Crippen molar-refractivity contribution >= 4 is 10.8 Å². The minimum Gasteiger partial charge on any atom is -0.260 e. The molecule has 0 bridgehead atoms. The first kappa shape index (κ1) is 10.2. The fourth-order valence-electron chi connectivity index (χ4n) is 0.812. The molecule has 0 saturated heterocycles. The molecule has 0 N–H and O–H groups in total. The molecule has 1 nitrogen and oxygen atoms in total. The van der Waals surface area contributed by atoms with E-state index in [9.17, 15) is 4.21 Å². The molecule has 0 spiro atoms. The molecule has 0 rings (SSSR count). The van der Waals surface area contributed by atoms with Crippen LogP contribution in [0.1, 0.15) is 27.7 Å². The predicted molar refractivity (Wildman–Crippen MR) is 47.6 cm³/mol. The first-order valence-electron chi connectivity index (χ1n) is 3.87. The third kappa shape index (κ3) is 6.27. The second-order valence-electron chi connectivity index (χ2n) is 3.56. The lowest BCUT2D eigenvalue weighted by molar-refractivity contribution is 0.648. The number of hydrogen-bond acceptors (Lipinski definition) is 1. The van der Waals surface area contributed by atoms with E-state index in [1.165, 1.54) is 0 Å². The minimum absolute atomic E-state index is 0.569. The van der Waals surface area contributed by atoms with E-state index in [4.69, 9.17) is 0 Å². The van der Waals surface area contributed by atoms with Crippen LogP contribution in [0.3, 0.4) is 0 Å². The normalized spacial score (nSPS) is 11.9. The van der Waals surface area contributed by atoms with E-state index in [-0.39, 0.29) is 0 Å². The van der Waals surface area contributed by atoms with E-state index in [1.54, 1.807) is 0 Å². The van der Waals surface area contributed by atoms with E-state index < -0.39 is 10.8 Å². The van der Waals surface area contributed by atoms with Crippen molar-refractivity contribution in [3.8, 4) is 0 Å². The molecule has 0 heterocycles. The summed E-state index contributed by atoms with van der Waals surface area (Å²) in [6.07, 6.45) is 0. The van der Waals surface area contributed by atoms with Crippen LogP contribution in [0.25, 0.3) is 0 Å². The maximum Gasteiger partial charge on any atom is 0.0258 e. The van der Waals surface area contributed by atoms with Gasteiger partial charge in [0.25, 0.3) is 0 Å². The molecule has 0 fully saturated rings. The lowest BCUT2D eigenvalue weighted by Gasteiger charge is -2.06. The lowest BCUT2D eigenvalue weighted by Crippen LogP contribution is -2.11. The van der Waals surface area contributed by atoms with Crippen LogP contribution < -0.4 is 0 Å². The van der Waals surface area contributed by atoms with E-state index in [0.29, 0.717) is 11.8 Å². The molecule has 0 aliphatic heterocycles. The van der Waals surface area contributed by atoms with E-state index in [2.05, 4.69) is 27.7 Å². The molecule has 2 heteroatoms. The molecule has 0 radical (unpaired) electrons. The van der Waals surface area contributed by atoms with Crippen molar-refractivity contribution in [3.05, 3.63) is 0 Å². The zero-order valence-corrected chi connectivity index (χ0v) is 8.20. The Labute approximate surface area is 66.7 Å². The van der Waals surface area contributed by atoms with Crippen LogP contribution in [0.15, 0.2) is 0 Å². The summed E-state index contributed by atoms with van der Waals surface area (Å²) in [5.74, 6) is 2.86. The van der Waals surface area contributed by atoms with Gasteiger partial charge in [0.1, 0.15) is 0 Å². The van der Waals surface area contributed by atoms with Gasteiger partial charge >= 0.3 is 0 Å². The van der Waals surface area contributed by atoms with Gasteiger partial charge in [-0.25, -0.2) is 0 Å². The topological polar surface area (TPSA) is 17.1 Å². The Bertz CT molecular complexity index is 95.8. The number of rotatable bonds is 4. The molecule has 0 aliphatic rings. The second kappa shape index (κ2) is 4.89. The van der Waals surface area contributed by atoms with Gasteiger partial charge < -0.3 is 0 Å². The molecule has 0 aromatic heterocycles. The molecule has 0 amide bonds. The average molecular weight is 162 g/mol. The van der Waals surface area contributed by atoms with Gasteiger partial charge in [0.2, 0.25) is 0 Å². The van der Waals surface area contributed by atoms with E-state index >= 15 is 0 Å².